The van der Waals surface area contributed by atoms with Crippen LogP contribution in [0.2, 0.25) is 0 Å². The standard InChI is InChI=1S/C44H47N7O5/c1-2-10-39(52)46-35-22-20-32(21-23-35)31-16-18-33(19-17-31)37-27-45-41(48-37)38-15-9-25-51(38)42(53)40(34-13-7-4-8-14-34)49-43(54)50-26-24-36(28-50)47-44(55)56-29-30-11-5-3-6-12-30/h3-8,11-14,16-23,27,36,38,40H,2,9-10,15,24-26,28-29H2,1H3,(H,45,48)(H,46,52)(H,47,55)(H,49,54)/t36-,38-,40+/m0/s1. The third-order valence-corrected chi connectivity index (χ3v) is 10.3. The van der Waals surface area contributed by atoms with Crippen molar-refractivity contribution in [2.45, 2.75) is 63.8 Å². The minimum Gasteiger partial charge on any atom is -0.445 e. The summed E-state index contributed by atoms with van der Waals surface area (Å²) in [5, 5.41) is 8.80. The van der Waals surface area contributed by atoms with Gasteiger partial charge in [0.25, 0.3) is 0 Å². The molecule has 288 valence electrons. The fraction of sp³-hybridized carbons (Fsp3) is 0.295. The zero-order valence-corrected chi connectivity index (χ0v) is 31.4. The molecule has 0 saturated carbocycles. The number of alkyl carbamates (subject to hydrolysis) is 1. The van der Waals surface area contributed by atoms with Gasteiger partial charge in [0, 0.05) is 31.7 Å². The first kappa shape index (κ1) is 37.9. The van der Waals surface area contributed by atoms with Crippen LogP contribution in [-0.4, -0.2) is 69.4 Å². The predicted molar refractivity (Wildman–Crippen MR) is 214 cm³/mol. The van der Waals surface area contributed by atoms with Crippen LogP contribution in [0, 0.1) is 0 Å². The second kappa shape index (κ2) is 17.8. The number of anilines is 1. The Balaban J connectivity index is 0.980. The molecule has 0 spiro atoms. The van der Waals surface area contributed by atoms with Gasteiger partial charge in [0.1, 0.15) is 18.5 Å². The van der Waals surface area contributed by atoms with Crippen LogP contribution in [0.3, 0.4) is 0 Å². The highest BCUT2D eigenvalue weighted by molar-refractivity contribution is 5.91. The summed E-state index contributed by atoms with van der Waals surface area (Å²) >= 11 is 0. The lowest BCUT2D eigenvalue weighted by Crippen LogP contribution is -2.48. The number of hydrogen-bond acceptors (Lipinski definition) is 6. The summed E-state index contributed by atoms with van der Waals surface area (Å²) in [5.41, 5.74) is 6.24. The number of urea groups is 1. The van der Waals surface area contributed by atoms with E-state index in [1.54, 1.807) is 11.1 Å². The number of amides is 5. The van der Waals surface area contributed by atoms with Gasteiger partial charge in [0.15, 0.2) is 0 Å². The molecule has 4 aromatic carbocycles. The normalized spacial score (nSPS) is 16.9. The average Bonchev–Trinajstić information content (AvgIpc) is 4.02. The highest BCUT2D eigenvalue weighted by atomic mass is 16.5. The Morgan fingerprint density at radius 1 is 0.839 bits per heavy atom. The number of nitrogens with one attached hydrogen (secondary N) is 4. The third kappa shape index (κ3) is 9.26. The summed E-state index contributed by atoms with van der Waals surface area (Å²) in [7, 11) is 0. The van der Waals surface area contributed by atoms with E-state index < -0.39 is 12.1 Å². The van der Waals surface area contributed by atoms with Crippen LogP contribution >= 0.6 is 0 Å². The highest BCUT2D eigenvalue weighted by Crippen LogP contribution is 2.34. The number of hydrogen-bond donors (Lipinski definition) is 4. The predicted octanol–water partition coefficient (Wildman–Crippen LogP) is 7.60. The number of nitrogens with zero attached hydrogens (tertiary/aromatic N) is 3. The molecule has 0 unspecified atom stereocenters. The van der Waals surface area contributed by atoms with Crippen molar-refractivity contribution in [3.63, 3.8) is 0 Å². The van der Waals surface area contributed by atoms with E-state index in [-0.39, 0.29) is 36.5 Å². The zero-order valence-electron chi connectivity index (χ0n) is 31.4. The molecule has 2 aliphatic rings. The monoisotopic (exact) mass is 753 g/mol. The molecule has 0 bridgehead atoms. The molecule has 12 heteroatoms. The van der Waals surface area contributed by atoms with Crippen LogP contribution in [0.15, 0.2) is 115 Å². The number of carbonyl (C=O) groups is 4. The molecule has 56 heavy (non-hydrogen) atoms. The second-order valence-corrected chi connectivity index (χ2v) is 14.3. The van der Waals surface area contributed by atoms with E-state index >= 15 is 0 Å². The topological polar surface area (TPSA) is 149 Å². The summed E-state index contributed by atoms with van der Waals surface area (Å²) in [5.74, 6) is 0.503. The van der Waals surface area contributed by atoms with Crippen molar-refractivity contribution in [2.75, 3.05) is 25.0 Å². The molecule has 3 atom stereocenters. The number of benzene rings is 4. The maximum Gasteiger partial charge on any atom is 0.407 e. The van der Waals surface area contributed by atoms with Gasteiger partial charge in [-0.1, -0.05) is 104 Å². The molecule has 2 saturated heterocycles. The Bertz CT molecular complexity index is 2110. The Kier molecular flexibility index (Phi) is 12.0. The number of rotatable bonds is 12. The van der Waals surface area contributed by atoms with E-state index in [0.29, 0.717) is 43.9 Å². The van der Waals surface area contributed by atoms with Crippen molar-refractivity contribution in [1.29, 1.82) is 0 Å². The van der Waals surface area contributed by atoms with Gasteiger partial charge in [-0.2, -0.15) is 0 Å². The fourth-order valence-corrected chi connectivity index (χ4v) is 7.31. The highest BCUT2D eigenvalue weighted by Gasteiger charge is 2.38. The Labute approximate surface area is 326 Å². The molecular weight excluding hydrogens is 707 g/mol. The van der Waals surface area contributed by atoms with Crippen LogP contribution in [-0.2, 0) is 20.9 Å². The number of H-pyrrole nitrogens is 1. The van der Waals surface area contributed by atoms with Crippen molar-refractivity contribution >= 4 is 29.6 Å². The maximum atomic E-state index is 14.4. The van der Waals surface area contributed by atoms with Gasteiger partial charge in [0.05, 0.1) is 24.0 Å². The van der Waals surface area contributed by atoms with Gasteiger partial charge in [-0.05, 0) is 65.6 Å². The Morgan fingerprint density at radius 2 is 1.52 bits per heavy atom. The number of aromatic amines is 1. The first-order valence-electron chi connectivity index (χ1n) is 19.3. The fourth-order valence-electron chi connectivity index (χ4n) is 7.31. The van der Waals surface area contributed by atoms with Crippen LogP contribution in [0.1, 0.15) is 68.1 Å². The van der Waals surface area contributed by atoms with Crippen molar-refractivity contribution in [2.24, 2.45) is 0 Å². The summed E-state index contributed by atoms with van der Waals surface area (Å²) in [6.45, 7) is 3.41. The molecule has 0 radical (unpaired) electrons. The van der Waals surface area contributed by atoms with Crippen LogP contribution in [0.4, 0.5) is 15.3 Å². The molecule has 0 aliphatic carbocycles. The molecule has 5 amide bonds. The number of imidazole rings is 1. The van der Waals surface area contributed by atoms with Crippen LogP contribution in [0.5, 0.6) is 0 Å². The van der Waals surface area contributed by atoms with E-state index in [2.05, 4.69) is 33.1 Å². The number of ether oxygens (including phenoxy) is 1. The van der Waals surface area contributed by atoms with Crippen molar-refractivity contribution in [3.05, 3.63) is 132 Å². The second-order valence-electron chi connectivity index (χ2n) is 14.3. The molecule has 7 rings (SSSR count). The summed E-state index contributed by atoms with van der Waals surface area (Å²) < 4.78 is 5.37. The Hall–Kier alpha value is -6.43. The first-order valence-corrected chi connectivity index (χ1v) is 19.3. The van der Waals surface area contributed by atoms with Gasteiger partial charge in [-0.15, -0.1) is 0 Å². The minimum atomic E-state index is -0.907. The minimum absolute atomic E-state index is 0.0123. The van der Waals surface area contributed by atoms with E-state index in [1.807, 2.05) is 109 Å². The number of likely N-dealkylation sites (tertiary alicyclic amines) is 2. The van der Waals surface area contributed by atoms with E-state index in [0.717, 1.165) is 52.9 Å². The molecule has 1 aromatic heterocycles. The molecular formula is C44H47N7O5. The van der Waals surface area contributed by atoms with Gasteiger partial charge < -0.3 is 35.5 Å². The van der Waals surface area contributed by atoms with Gasteiger partial charge in [0.2, 0.25) is 11.8 Å². The van der Waals surface area contributed by atoms with Crippen LogP contribution < -0.4 is 16.0 Å². The lowest BCUT2D eigenvalue weighted by atomic mass is 10.0. The molecule has 2 aliphatic heterocycles. The molecule has 5 aromatic rings. The number of carbonyl (C=O) groups excluding carboxylic acids is 4. The SMILES string of the molecule is CCCC(=O)Nc1ccc(-c2ccc(-c3cnc([C@@H]4CCCN4C(=O)[C@H](NC(=O)N4CC[C@H](NC(=O)OCc5ccccc5)C4)c4ccccc4)[nH]3)cc2)cc1. The summed E-state index contributed by atoms with van der Waals surface area (Å²) in [6, 6.07) is 32.9. The molecule has 2 fully saturated rings. The first-order chi connectivity index (χ1) is 27.3. The van der Waals surface area contributed by atoms with Crippen molar-refractivity contribution < 1.29 is 23.9 Å². The summed E-state index contributed by atoms with van der Waals surface area (Å²) in [4.78, 5) is 64.1. The van der Waals surface area contributed by atoms with Gasteiger partial charge in [-0.25, -0.2) is 14.6 Å². The van der Waals surface area contributed by atoms with Crippen molar-refractivity contribution in [3.8, 4) is 22.4 Å². The molecule has 3 heterocycles. The third-order valence-electron chi connectivity index (χ3n) is 10.3. The van der Waals surface area contributed by atoms with Crippen molar-refractivity contribution in [1.82, 2.24) is 30.4 Å². The lowest BCUT2D eigenvalue weighted by Gasteiger charge is -2.30. The number of aromatic nitrogens is 2. The largest absolute Gasteiger partial charge is 0.445 e. The summed E-state index contributed by atoms with van der Waals surface area (Å²) in [6.07, 6.45) is 4.68. The van der Waals surface area contributed by atoms with Gasteiger partial charge in [-0.3, -0.25) is 9.59 Å². The van der Waals surface area contributed by atoms with E-state index in [4.69, 9.17) is 9.72 Å². The van der Waals surface area contributed by atoms with Gasteiger partial charge >= 0.3 is 12.1 Å². The molecule has 12 nitrogen and oxygen atoms in total. The molecule has 4 N–H and O–H groups in total. The van der Waals surface area contributed by atoms with Crippen LogP contribution in [0.25, 0.3) is 22.4 Å². The van der Waals surface area contributed by atoms with E-state index in [1.165, 1.54) is 0 Å². The Morgan fingerprint density at radius 3 is 2.23 bits per heavy atom. The zero-order chi connectivity index (χ0) is 38.9. The van der Waals surface area contributed by atoms with E-state index in [9.17, 15) is 19.2 Å². The lowest BCUT2D eigenvalue weighted by molar-refractivity contribution is -0.134. The quantitative estimate of drug-likeness (QED) is 0.103. The maximum absolute atomic E-state index is 14.4. The average molecular weight is 754 g/mol. The smallest absolute Gasteiger partial charge is 0.407 e.